The molecule has 0 spiro atoms. The number of amides is 1. The van der Waals surface area contributed by atoms with Crippen molar-refractivity contribution in [3.8, 4) is 5.75 Å². The summed E-state index contributed by atoms with van der Waals surface area (Å²) < 4.78 is 5.65. The predicted octanol–water partition coefficient (Wildman–Crippen LogP) is 3.09. The van der Waals surface area contributed by atoms with Gasteiger partial charge in [-0.2, -0.15) is 0 Å². The highest BCUT2D eigenvalue weighted by atomic mass is 16.7. The highest BCUT2D eigenvalue weighted by Crippen LogP contribution is 2.41. The number of rotatable bonds is 12. The third-order valence-corrected chi connectivity index (χ3v) is 7.01. The topological polar surface area (TPSA) is 105 Å². The highest BCUT2D eigenvalue weighted by molar-refractivity contribution is 5.78. The van der Waals surface area contributed by atoms with E-state index >= 15 is 0 Å². The third kappa shape index (κ3) is 6.02. The molecule has 1 N–H and O–H groups in total. The summed E-state index contributed by atoms with van der Waals surface area (Å²) in [4.78, 5) is 42.0. The molecule has 1 aromatic carbocycles. The van der Waals surface area contributed by atoms with Gasteiger partial charge in [0.25, 0.3) is 5.91 Å². The highest BCUT2D eigenvalue weighted by Gasteiger charge is 2.47. The van der Waals surface area contributed by atoms with Crippen LogP contribution in [0.5, 0.6) is 5.75 Å². The maximum atomic E-state index is 13.3. The second-order valence-corrected chi connectivity index (χ2v) is 9.50. The van der Waals surface area contributed by atoms with Crippen LogP contribution in [0, 0.1) is 5.92 Å². The van der Waals surface area contributed by atoms with Crippen LogP contribution < -0.4 is 4.74 Å². The molecule has 3 atom stereocenters. The number of aliphatic carboxylic acids is 1. The number of nitrogens with zero attached hydrogens (tertiary/aromatic N) is 4. The molecular weight excluding hydrogens is 460 g/mol. The minimum atomic E-state index is -0.841. The molecule has 0 saturated carbocycles. The van der Waals surface area contributed by atoms with Crippen LogP contribution in [0.4, 0.5) is 0 Å². The zero-order valence-electron chi connectivity index (χ0n) is 21.1. The van der Waals surface area contributed by atoms with Gasteiger partial charge in [-0.25, -0.2) is 15.0 Å². The van der Waals surface area contributed by atoms with E-state index in [-0.39, 0.29) is 24.4 Å². The van der Waals surface area contributed by atoms with E-state index in [0.29, 0.717) is 39.1 Å². The molecule has 1 amide bonds. The van der Waals surface area contributed by atoms with E-state index in [1.54, 1.807) is 6.20 Å². The van der Waals surface area contributed by atoms with Crippen LogP contribution in [-0.4, -0.2) is 75.8 Å². The number of hydrogen-bond acceptors (Lipinski definition) is 7. The molecule has 0 bridgehead atoms. The standard InChI is InChI=1S/C27H36N4O5/c1-3-12-31(36-13-4-2)25(32)17-30-16-22(19-5-8-24-20(15-19)10-14-35-24)26(27(33)34)23(30)7-6-21-9-11-28-18-29-21/h5,8-9,11,15,18,22-23,26H,3-4,6-7,10,12-14,16-17H2,1-2H3,(H,33,34)/t22-,23+,26-/m1/s1. The van der Waals surface area contributed by atoms with Crippen LogP contribution in [0.2, 0.25) is 0 Å². The Bertz CT molecular complexity index is 1030. The summed E-state index contributed by atoms with van der Waals surface area (Å²) in [7, 11) is 0. The smallest absolute Gasteiger partial charge is 0.308 e. The molecule has 194 valence electrons. The van der Waals surface area contributed by atoms with Gasteiger partial charge in [-0.15, -0.1) is 0 Å². The summed E-state index contributed by atoms with van der Waals surface area (Å²) in [6.45, 7) is 6.25. The van der Waals surface area contributed by atoms with Gasteiger partial charge in [-0.3, -0.25) is 19.3 Å². The second kappa shape index (κ2) is 12.3. The van der Waals surface area contributed by atoms with Gasteiger partial charge in [0.15, 0.2) is 0 Å². The molecule has 1 saturated heterocycles. The summed E-state index contributed by atoms with van der Waals surface area (Å²) in [6.07, 6.45) is 6.80. The first-order valence-electron chi connectivity index (χ1n) is 12.9. The molecule has 2 aromatic rings. The first-order chi connectivity index (χ1) is 17.5. The number of benzene rings is 1. The average molecular weight is 497 g/mol. The van der Waals surface area contributed by atoms with Gasteiger partial charge in [0.1, 0.15) is 12.1 Å². The zero-order valence-corrected chi connectivity index (χ0v) is 21.1. The molecule has 0 radical (unpaired) electrons. The minimum Gasteiger partial charge on any atom is -0.493 e. The summed E-state index contributed by atoms with van der Waals surface area (Å²) in [6, 6.07) is 7.54. The van der Waals surface area contributed by atoms with Gasteiger partial charge in [0.05, 0.1) is 25.7 Å². The van der Waals surface area contributed by atoms with Crippen molar-refractivity contribution in [2.45, 2.75) is 57.9 Å². The van der Waals surface area contributed by atoms with E-state index in [1.165, 1.54) is 11.4 Å². The lowest BCUT2D eigenvalue weighted by molar-refractivity contribution is -0.188. The molecule has 36 heavy (non-hydrogen) atoms. The molecule has 3 heterocycles. The number of ether oxygens (including phenoxy) is 1. The van der Waals surface area contributed by atoms with Crippen molar-refractivity contribution in [3.63, 3.8) is 0 Å². The van der Waals surface area contributed by atoms with Gasteiger partial charge in [0, 0.05) is 43.4 Å². The SMILES string of the molecule is CCCON(CCC)C(=O)CN1C[C@H](c2ccc3c(c2)CCO3)[C@@H](C(=O)O)[C@@H]1CCc1ccncn1. The maximum absolute atomic E-state index is 13.3. The van der Waals surface area contributed by atoms with Crippen molar-refractivity contribution in [3.05, 3.63) is 53.6 Å². The van der Waals surface area contributed by atoms with Gasteiger partial charge in [-0.05, 0) is 48.9 Å². The monoisotopic (exact) mass is 496 g/mol. The van der Waals surface area contributed by atoms with Crippen molar-refractivity contribution in [1.29, 1.82) is 0 Å². The lowest BCUT2D eigenvalue weighted by Crippen LogP contribution is -2.44. The van der Waals surface area contributed by atoms with Gasteiger partial charge in [-0.1, -0.05) is 26.0 Å². The van der Waals surface area contributed by atoms with Crippen molar-refractivity contribution in [2.75, 3.05) is 32.8 Å². The van der Waals surface area contributed by atoms with Crippen LogP contribution in [0.3, 0.4) is 0 Å². The number of carboxylic acids is 1. The summed E-state index contributed by atoms with van der Waals surface area (Å²) in [5.74, 6) is -0.972. The van der Waals surface area contributed by atoms with Crippen molar-refractivity contribution in [1.82, 2.24) is 19.9 Å². The number of likely N-dealkylation sites (tertiary alicyclic amines) is 1. The fourth-order valence-corrected chi connectivity index (χ4v) is 5.31. The van der Waals surface area contributed by atoms with E-state index in [0.717, 1.165) is 41.8 Å². The Morgan fingerprint density at radius 2 is 2.11 bits per heavy atom. The van der Waals surface area contributed by atoms with E-state index < -0.39 is 11.9 Å². The third-order valence-electron chi connectivity index (χ3n) is 7.01. The quantitative estimate of drug-likeness (QED) is 0.447. The normalized spacial score (nSPS) is 21.2. The zero-order chi connectivity index (χ0) is 25.5. The molecular formula is C27H36N4O5. The predicted molar refractivity (Wildman–Crippen MR) is 133 cm³/mol. The van der Waals surface area contributed by atoms with E-state index in [2.05, 4.69) is 16.0 Å². The fourth-order valence-electron chi connectivity index (χ4n) is 5.31. The molecule has 1 aromatic heterocycles. The number of aryl methyl sites for hydroxylation is 1. The van der Waals surface area contributed by atoms with E-state index in [4.69, 9.17) is 9.57 Å². The van der Waals surface area contributed by atoms with E-state index in [9.17, 15) is 14.7 Å². The lowest BCUT2D eigenvalue weighted by atomic mass is 9.83. The van der Waals surface area contributed by atoms with Crippen molar-refractivity contribution >= 4 is 11.9 Å². The van der Waals surface area contributed by atoms with Crippen molar-refractivity contribution in [2.24, 2.45) is 5.92 Å². The molecule has 1 fully saturated rings. The Balaban J connectivity index is 1.59. The number of carbonyl (C=O) groups excluding carboxylic acids is 1. The number of hydroxylamine groups is 2. The van der Waals surface area contributed by atoms with Crippen LogP contribution in [0.15, 0.2) is 36.8 Å². The first kappa shape index (κ1) is 26.0. The Morgan fingerprint density at radius 1 is 1.25 bits per heavy atom. The van der Waals surface area contributed by atoms with Crippen LogP contribution in [-0.2, 0) is 27.3 Å². The molecule has 9 nitrogen and oxygen atoms in total. The maximum Gasteiger partial charge on any atom is 0.308 e. The number of fused-ring (bicyclic) bond motifs is 1. The molecule has 9 heteroatoms. The summed E-state index contributed by atoms with van der Waals surface area (Å²) >= 11 is 0. The van der Waals surface area contributed by atoms with Gasteiger partial charge in [0.2, 0.25) is 0 Å². The molecule has 0 aliphatic carbocycles. The number of carbonyl (C=O) groups is 2. The van der Waals surface area contributed by atoms with Gasteiger partial charge < -0.3 is 9.84 Å². The average Bonchev–Trinajstić information content (AvgIpc) is 3.50. The Kier molecular flexibility index (Phi) is 8.88. The molecule has 0 unspecified atom stereocenters. The largest absolute Gasteiger partial charge is 0.493 e. The Hall–Kier alpha value is -3.04. The lowest BCUT2D eigenvalue weighted by Gasteiger charge is -2.29. The number of carboxylic acid groups (broad SMARTS) is 1. The van der Waals surface area contributed by atoms with Crippen LogP contribution >= 0.6 is 0 Å². The first-order valence-corrected chi connectivity index (χ1v) is 12.9. The minimum absolute atomic E-state index is 0.118. The molecule has 2 aliphatic rings. The van der Waals surface area contributed by atoms with Crippen LogP contribution in [0.1, 0.15) is 55.8 Å². The number of hydrogen-bond donors (Lipinski definition) is 1. The fraction of sp³-hybridized carbons (Fsp3) is 0.556. The Labute approximate surface area is 212 Å². The molecule has 2 aliphatic heterocycles. The van der Waals surface area contributed by atoms with E-state index in [1.807, 2.05) is 36.9 Å². The second-order valence-electron chi connectivity index (χ2n) is 9.50. The van der Waals surface area contributed by atoms with Gasteiger partial charge >= 0.3 is 5.97 Å². The summed E-state index contributed by atoms with van der Waals surface area (Å²) in [5, 5.41) is 11.8. The van der Waals surface area contributed by atoms with Crippen LogP contribution in [0.25, 0.3) is 0 Å². The summed E-state index contributed by atoms with van der Waals surface area (Å²) in [5.41, 5.74) is 2.96. The number of aromatic nitrogens is 2. The van der Waals surface area contributed by atoms with Crippen molar-refractivity contribution < 1.29 is 24.3 Å². The molecule has 4 rings (SSSR count). The Morgan fingerprint density at radius 3 is 2.83 bits per heavy atom.